The Morgan fingerprint density at radius 1 is 1.20 bits per heavy atom. The van der Waals surface area contributed by atoms with Gasteiger partial charge in [0.1, 0.15) is 10.9 Å². The van der Waals surface area contributed by atoms with Crippen molar-refractivity contribution in [3.63, 3.8) is 0 Å². The van der Waals surface area contributed by atoms with E-state index in [2.05, 4.69) is 18.3 Å². The summed E-state index contributed by atoms with van der Waals surface area (Å²) in [5.74, 6) is 1.45. The van der Waals surface area contributed by atoms with Gasteiger partial charge in [-0.05, 0) is 43.9 Å². The van der Waals surface area contributed by atoms with Crippen molar-refractivity contribution >= 4 is 22.0 Å². The van der Waals surface area contributed by atoms with Crippen LogP contribution in [0.1, 0.15) is 68.2 Å². The van der Waals surface area contributed by atoms with Crippen LogP contribution in [0.4, 0.5) is 10.7 Å². The van der Waals surface area contributed by atoms with Crippen LogP contribution >= 0.6 is 11.3 Å². The second-order valence-electron chi connectivity index (χ2n) is 6.43. The van der Waals surface area contributed by atoms with Crippen LogP contribution in [0.5, 0.6) is 0 Å². The summed E-state index contributed by atoms with van der Waals surface area (Å²) in [6.07, 6.45) is 8.90. The standard InChI is InChI=1S/C16H23N3S/c1-10-3-2-4-12(8-5-10)19-16-14(11-6-7-11)15(18)13(9-17)20-16/h10-12,19H,2-8,18H2,1H3. The molecule has 1 aromatic rings. The molecule has 0 spiro atoms. The van der Waals surface area contributed by atoms with Gasteiger partial charge in [-0.25, -0.2) is 0 Å². The molecule has 0 radical (unpaired) electrons. The molecule has 0 aliphatic heterocycles. The molecule has 0 saturated heterocycles. The SMILES string of the molecule is CC1CCCC(Nc2sc(C#N)c(N)c2C2CC2)CC1. The lowest BCUT2D eigenvalue weighted by Crippen LogP contribution is -2.18. The number of hydrogen-bond acceptors (Lipinski definition) is 4. The Morgan fingerprint density at radius 3 is 2.70 bits per heavy atom. The summed E-state index contributed by atoms with van der Waals surface area (Å²) in [6.45, 7) is 2.36. The number of nitrogens with zero attached hydrogens (tertiary/aromatic N) is 1. The van der Waals surface area contributed by atoms with Gasteiger partial charge in [-0.2, -0.15) is 5.26 Å². The first-order chi connectivity index (χ1) is 9.69. The van der Waals surface area contributed by atoms with Crippen LogP contribution in [0.2, 0.25) is 0 Å². The number of nitriles is 1. The zero-order valence-electron chi connectivity index (χ0n) is 12.1. The lowest BCUT2D eigenvalue weighted by molar-refractivity contribution is 0.502. The van der Waals surface area contributed by atoms with Gasteiger partial charge in [-0.3, -0.25) is 0 Å². The van der Waals surface area contributed by atoms with Crippen molar-refractivity contribution in [2.75, 3.05) is 11.1 Å². The summed E-state index contributed by atoms with van der Waals surface area (Å²) in [5, 5.41) is 14.1. The van der Waals surface area contributed by atoms with Crippen molar-refractivity contribution in [1.29, 1.82) is 5.26 Å². The zero-order valence-corrected chi connectivity index (χ0v) is 12.9. The van der Waals surface area contributed by atoms with Gasteiger partial charge in [0, 0.05) is 11.6 Å². The van der Waals surface area contributed by atoms with E-state index >= 15 is 0 Å². The van der Waals surface area contributed by atoms with E-state index in [1.807, 2.05) is 0 Å². The normalized spacial score (nSPS) is 26.8. The van der Waals surface area contributed by atoms with E-state index in [4.69, 9.17) is 5.73 Å². The maximum Gasteiger partial charge on any atom is 0.130 e. The van der Waals surface area contributed by atoms with Gasteiger partial charge < -0.3 is 11.1 Å². The van der Waals surface area contributed by atoms with Gasteiger partial charge in [0.2, 0.25) is 0 Å². The van der Waals surface area contributed by atoms with Crippen molar-refractivity contribution in [2.24, 2.45) is 5.92 Å². The summed E-state index contributed by atoms with van der Waals surface area (Å²) in [6, 6.07) is 2.81. The van der Waals surface area contributed by atoms with Crippen LogP contribution in [0, 0.1) is 17.2 Å². The summed E-state index contributed by atoms with van der Waals surface area (Å²) in [5.41, 5.74) is 8.14. The summed E-state index contributed by atoms with van der Waals surface area (Å²) in [7, 11) is 0. The Hall–Kier alpha value is -1.21. The second-order valence-corrected chi connectivity index (χ2v) is 7.45. The van der Waals surface area contributed by atoms with Gasteiger partial charge >= 0.3 is 0 Å². The predicted octanol–water partition coefficient (Wildman–Crippen LogP) is 4.46. The fourth-order valence-electron chi connectivity index (χ4n) is 3.24. The largest absolute Gasteiger partial charge is 0.397 e. The van der Waals surface area contributed by atoms with E-state index in [0.29, 0.717) is 16.8 Å². The van der Waals surface area contributed by atoms with Gasteiger partial charge in [-0.1, -0.05) is 19.8 Å². The molecule has 108 valence electrons. The third kappa shape index (κ3) is 2.78. The van der Waals surface area contributed by atoms with Gasteiger partial charge in [0.15, 0.2) is 0 Å². The van der Waals surface area contributed by atoms with Crippen molar-refractivity contribution in [1.82, 2.24) is 0 Å². The minimum atomic E-state index is 0.557. The van der Waals surface area contributed by atoms with E-state index in [-0.39, 0.29) is 0 Å². The number of rotatable bonds is 3. The number of anilines is 2. The van der Waals surface area contributed by atoms with Crippen LogP contribution in [-0.4, -0.2) is 6.04 Å². The first kappa shape index (κ1) is 13.8. The lowest BCUT2D eigenvalue weighted by Gasteiger charge is -2.18. The molecule has 2 aliphatic carbocycles. The Morgan fingerprint density at radius 2 is 2.00 bits per heavy atom. The highest BCUT2D eigenvalue weighted by atomic mass is 32.1. The monoisotopic (exact) mass is 289 g/mol. The van der Waals surface area contributed by atoms with Crippen LogP contribution < -0.4 is 11.1 Å². The highest BCUT2D eigenvalue weighted by Gasteiger charge is 2.32. The van der Waals surface area contributed by atoms with Crippen LogP contribution in [-0.2, 0) is 0 Å². The third-order valence-electron chi connectivity index (χ3n) is 4.66. The smallest absolute Gasteiger partial charge is 0.130 e. The van der Waals surface area contributed by atoms with Gasteiger partial charge in [0.25, 0.3) is 0 Å². The number of thiophene rings is 1. The van der Waals surface area contributed by atoms with Crippen LogP contribution in [0.3, 0.4) is 0 Å². The molecule has 3 rings (SSSR count). The number of hydrogen-bond donors (Lipinski definition) is 2. The quantitative estimate of drug-likeness (QED) is 0.807. The molecule has 1 heterocycles. The van der Waals surface area contributed by atoms with Crippen molar-refractivity contribution in [3.05, 3.63) is 10.4 Å². The van der Waals surface area contributed by atoms with Crippen molar-refractivity contribution in [2.45, 2.75) is 63.8 Å². The molecule has 2 saturated carbocycles. The van der Waals surface area contributed by atoms with Gasteiger partial charge in [0.05, 0.1) is 10.7 Å². The van der Waals surface area contributed by atoms with Crippen LogP contribution in [0.15, 0.2) is 0 Å². The van der Waals surface area contributed by atoms with E-state index in [1.165, 1.54) is 55.5 Å². The molecule has 2 aliphatic rings. The maximum atomic E-state index is 9.20. The fraction of sp³-hybridized carbons (Fsp3) is 0.688. The minimum absolute atomic E-state index is 0.557. The number of nitrogens with two attached hydrogens (primary N) is 1. The van der Waals surface area contributed by atoms with Crippen LogP contribution in [0.25, 0.3) is 0 Å². The van der Waals surface area contributed by atoms with E-state index in [1.54, 1.807) is 11.3 Å². The first-order valence-corrected chi connectivity index (χ1v) is 8.59. The topological polar surface area (TPSA) is 61.8 Å². The average molecular weight is 289 g/mol. The molecule has 1 aromatic heterocycles. The summed E-state index contributed by atoms with van der Waals surface area (Å²) < 4.78 is 0. The van der Waals surface area contributed by atoms with E-state index in [0.717, 1.165) is 11.6 Å². The van der Waals surface area contributed by atoms with E-state index < -0.39 is 0 Å². The number of nitrogens with one attached hydrogen (secondary N) is 1. The molecule has 4 heteroatoms. The highest BCUT2D eigenvalue weighted by molar-refractivity contribution is 7.17. The molecular weight excluding hydrogens is 266 g/mol. The summed E-state index contributed by atoms with van der Waals surface area (Å²) in [4.78, 5) is 0.691. The second kappa shape index (κ2) is 5.65. The zero-order chi connectivity index (χ0) is 14.1. The molecule has 2 unspecified atom stereocenters. The number of nitrogen functional groups attached to an aromatic ring is 1. The molecule has 0 aromatic carbocycles. The Labute approximate surface area is 125 Å². The fourth-order valence-corrected chi connectivity index (χ4v) is 4.32. The third-order valence-corrected chi connectivity index (χ3v) is 5.72. The Bertz CT molecular complexity index is 525. The molecule has 20 heavy (non-hydrogen) atoms. The Balaban J connectivity index is 1.78. The predicted molar refractivity (Wildman–Crippen MR) is 85.1 cm³/mol. The highest BCUT2D eigenvalue weighted by Crippen LogP contribution is 2.51. The molecule has 0 bridgehead atoms. The maximum absolute atomic E-state index is 9.20. The molecule has 3 nitrogen and oxygen atoms in total. The van der Waals surface area contributed by atoms with Crippen molar-refractivity contribution < 1.29 is 0 Å². The first-order valence-electron chi connectivity index (χ1n) is 7.77. The molecule has 0 amide bonds. The molecule has 3 N–H and O–H groups in total. The molecule has 2 fully saturated rings. The molecule has 2 atom stereocenters. The van der Waals surface area contributed by atoms with E-state index in [9.17, 15) is 5.26 Å². The van der Waals surface area contributed by atoms with Crippen molar-refractivity contribution in [3.8, 4) is 6.07 Å². The lowest BCUT2D eigenvalue weighted by atomic mass is 10.0. The summed E-state index contributed by atoms with van der Waals surface area (Å²) >= 11 is 1.56. The molecular formula is C16H23N3S. The Kier molecular flexibility index (Phi) is 3.89. The van der Waals surface area contributed by atoms with Gasteiger partial charge in [-0.15, -0.1) is 11.3 Å². The average Bonchev–Trinajstić information content (AvgIpc) is 3.22. The minimum Gasteiger partial charge on any atom is -0.397 e.